The normalized spacial score (nSPS) is 16.7. The minimum atomic E-state index is -0.312. The molecule has 1 aliphatic heterocycles. The molecule has 158 valence electrons. The lowest BCUT2D eigenvalue weighted by Gasteiger charge is -2.38. The number of amidine groups is 1. The predicted octanol–water partition coefficient (Wildman–Crippen LogP) is 3.60. The summed E-state index contributed by atoms with van der Waals surface area (Å²) < 4.78 is 11.1. The average molecular weight is 409 g/mol. The molecule has 1 unspecified atom stereocenters. The third kappa shape index (κ3) is 4.62. The lowest BCUT2D eigenvalue weighted by Crippen LogP contribution is -2.36. The van der Waals surface area contributed by atoms with E-state index in [4.69, 9.17) is 20.6 Å². The van der Waals surface area contributed by atoms with Crippen LogP contribution in [-0.4, -0.2) is 30.4 Å². The van der Waals surface area contributed by atoms with Crippen molar-refractivity contribution < 1.29 is 19.1 Å². The Balaban J connectivity index is 1.82. The number of benzene rings is 2. The summed E-state index contributed by atoms with van der Waals surface area (Å²) in [7, 11) is 0. The Kier molecular flexibility index (Phi) is 6.10. The van der Waals surface area contributed by atoms with Crippen molar-refractivity contribution in [2.45, 2.75) is 45.1 Å². The Hall–Kier alpha value is -3.35. The molecule has 1 heterocycles. The Morgan fingerprint density at radius 1 is 1.20 bits per heavy atom. The highest BCUT2D eigenvalue weighted by Crippen LogP contribution is 2.45. The van der Waals surface area contributed by atoms with E-state index in [2.05, 4.69) is 19.2 Å². The summed E-state index contributed by atoms with van der Waals surface area (Å²) in [5.41, 5.74) is 7.76. The van der Waals surface area contributed by atoms with Crippen molar-refractivity contribution in [3.8, 4) is 5.75 Å². The van der Waals surface area contributed by atoms with Crippen LogP contribution in [0.25, 0.3) is 0 Å². The first-order chi connectivity index (χ1) is 14.2. The maximum absolute atomic E-state index is 12.8. The zero-order valence-corrected chi connectivity index (χ0v) is 17.5. The minimum Gasteiger partial charge on any atom is -0.489 e. The highest BCUT2D eigenvalue weighted by Gasteiger charge is 2.37. The number of esters is 1. The molecule has 0 fully saturated rings. The average Bonchev–Trinajstić information content (AvgIpc) is 2.67. The van der Waals surface area contributed by atoms with Gasteiger partial charge in [0.1, 0.15) is 17.7 Å². The fourth-order valence-corrected chi connectivity index (χ4v) is 3.84. The van der Waals surface area contributed by atoms with E-state index in [-0.39, 0.29) is 35.7 Å². The van der Waals surface area contributed by atoms with E-state index in [0.717, 1.165) is 5.56 Å². The SMILES string of the molecule is CCOC(=O)CC1CC(C)(C)c2c(NC(=O)c3ccc(C(=N)N)cc3)cccc2O1. The summed E-state index contributed by atoms with van der Waals surface area (Å²) in [6, 6.07) is 12.1. The first kappa shape index (κ1) is 21.4. The molecule has 1 atom stereocenters. The number of carbonyl (C=O) groups excluding carboxylic acids is 2. The number of hydrogen-bond donors (Lipinski definition) is 3. The predicted molar refractivity (Wildman–Crippen MR) is 115 cm³/mol. The van der Waals surface area contributed by atoms with E-state index in [0.29, 0.717) is 35.6 Å². The van der Waals surface area contributed by atoms with Gasteiger partial charge in [-0.05, 0) is 43.0 Å². The van der Waals surface area contributed by atoms with Crippen LogP contribution in [0, 0.1) is 5.41 Å². The van der Waals surface area contributed by atoms with Crippen LogP contribution >= 0.6 is 0 Å². The molecule has 0 aromatic heterocycles. The monoisotopic (exact) mass is 409 g/mol. The van der Waals surface area contributed by atoms with Crippen molar-refractivity contribution in [1.82, 2.24) is 0 Å². The highest BCUT2D eigenvalue weighted by molar-refractivity contribution is 6.05. The number of carbonyl (C=O) groups is 2. The number of nitrogens with two attached hydrogens (primary N) is 1. The van der Waals surface area contributed by atoms with Gasteiger partial charge in [0.05, 0.1) is 13.0 Å². The molecule has 0 spiro atoms. The van der Waals surface area contributed by atoms with Gasteiger partial charge in [-0.3, -0.25) is 15.0 Å². The van der Waals surface area contributed by atoms with Gasteiger partial charge < -0.3 is 20.5 Å². The minimum absolute atomic E-state index is 0.0460. The zero-order chi connectivity index (χ0) is 21.9. The molecule has 0 saturated carbocycles. The second-order valence-corrected chi connectivity index (χ2v) is 7.96. The Morgan fingerprint density at radius 3 is 2.50 bits per heavy atom. The van der Waals surface area contributed by atoms with Gasteiger partial charge in [-0.1, -0.05) is 32.0 Å². The quantitative estimate of drug-likeness (QED) is 0.383. The molecule has 0 saturated heterocycles. The smallest absolute Gasteiger partial charge is 0.309 e. The van der Waals surface area contributed by atoms with Crippen LogP contribution in [0.2, 0.25) is 0 Å². The summed E-state index contributed by atoms with van der Waals surface area (Å²) in [5, 5.41) is 10.4. The second kappa shape index (κ2) is 8.57. The largest absolute Gasteiger partial charge is 0.489 e. The lowest BCUT2D eigenvalue weighted by molar-refractivity contribution is -0.145. The molecule has 0 bridgehead atoms. The van der Waals surface area contributed by atoms with Gasteiger partial charge in [0.2, 0.25) is 0 Å². The number of anilines is 1. The number of amides is 1. The van der Waals surface area contributed by atoms with Crippen molar-refractivity contribution in [3.05, 3.63) is 59.2 Å². The van der Waals surface area contributed by atoms with Crippen LogP contribution in [0.5, 0.6) is 5.75 Å². The lowest BCUT2D eigenvalue weighted by atomic mass is 9.76. The second-order valence-electron chi connectivity index (χ2n) is 7.96. The number of ether oxygens (including phenoxy) is 2. The van der Waals surface area contributed by atoms with Gasteiger partial charge in [-0.2, -0.15) is 0 Å². The molecular weight excluding hydrogens is 382 g/mol. The number of nitrogens with one attached hydrogen (secondary N) is 2. The van der Waals surface area contributed by atoms with E-state index in [1.165, 1.54) is 0 Å². The number of hydrogen-bond acceptors (Lipinski definition) is 5. The molecular formula is C23H27N3O4. The molecule has 3 rings (SSSR count). The van der Waals surface area contributed by atoms with Crippen molar-refractivity contribution >= 4 is 23.4 Å². The van der Waals surface area contributed by atoms with Gasteiger partial charge in [0.25, 0.3) is 5.91 Å². The Labute approximate surface area is 176 Å². The van der Waals surface area contributed by atoms with Crippen molar-refractivity contribution in [3.63, 3.8) is 0 Å². The summed E-state index contributed by atoms with van der Waals surface area (Å²) >= 11 is 0. The van der Waals surface area contributed by atoms with Crippen LogP contribution < -0.4 is 15.8 Å². The summed E-state index contributed by atoms with van der Waals surface area (Å²) in [6.07, 6.45) is 0.533. The number of fused-ring (bicyclic) bond motifs is 1. The van der Waals surface area contributed by atoms with Gasteiger partial charge in [-0.25, -0.2) is 0 Å². The fourth-order valence-electron chi connectivity index (χ4n) is 3.84. The van der Waals surface area contributed by atoms with Crippen molar-refractivity contribution in [1.29, 1.82) is 5.41 Å². The van der Waals surface area contributed by atoms with Crippen LogP contribution in [0.15, 0.2) is 42.5 Å². The molecule has 2 aromatic carbocycles. The van der Waals surface area contributed by atoms with Crippen molar-refractivity contribution in [2.75, 3.05) is 11.9 Å². The molecule has 4 N–H and O–H groups in total. The van der Waals surface area contributed by atoms with Gasteiger partial charge in [-0.15, -0.1) is 0 Å². The molecule has 1 aliphatic rings. The zero-order valence-electron chi connectivity index (χ0n) is 17.5. The summed E-state index contributed by atoms with van der Waals surface area (Å²) in [6.45, 7) is 6.27. The molecule has 7 nitrogen and oxygen atoms in total. The topological polar surface area (TPSA) is 114 Å². The van der Waals surface area contributed by atoms with E-state index < -0.39 is 0 Å². The van der Waals surface area contributed by atoms with Crippen LogP contribution in [0.1, 0.15) is 55.1 Å². The molecule has 7 heteroatoms. The maximum Gasteiger partial charge on any atom is 0.309 e. The first-order valence-corrected chi connectivity index (χ1v) is 9.93. The number of rotatable bonds is 6. The summed E-state index contributed by atoms with van der Waals surface area (Å²) in [5.74, 6) is 0.0730. The maximum atomic E-state index is 12.8. The van der Waals surface area contributed by atoms with E-state index in [1.807, 2.05) is 18.2 Å². The van der Waals surface area contributed by atoms with E-state index in [9.17, 15) is 9.59 Å². The molecule has 0 aliphatic carbocycles. The third-order valence-electron chi connectivity index (χ3n) is 5.14. The molecule has 1 amide bonds. The van der Waals surface area contributed by atoms with Gasteiger partial charge in [0.15, 0.2) is 0 Å². The molecule has 30 heavy (non-hydrogen) atoms. The van der Waals surface area contributed by atoms with Gasteiger partial charge in [0, 0.05) is 22.4 Å². The Morgan fingerprint density at radius 2 is 1.87 bits per heavy atom. The van der Waals surface area contributed by atoms with E-state index >= 15 is 0 Å². The van der Waals surface area contributed by atoms with E-state index in [1.54, 1.807) is 31.2 Å². The molecule has 2 aromatic rings. The van der Waals surface area contributed by atoms with Crippen LogP contribution in [0.3, 0.4) is 0 Å². The standard InChI is InChI=1S/C23H27N3O4/c1-4-29-19(27)12-16-13-23(2,3)20-17(6-5-7-18(20)30-16)26-22(28)15-10-8-14(9-11-15)21(24)25/h5-11,16H,4,12-13H2,1-3H3,(H3,24,25)(H,26,28). The molecule has 0 radical (unpaired) electrons. The highest BCUT2D eigenvalue weighted by atomic mass is 16.5. The fraction of sp³-hybridized carbons (Fsp3) is 0.348. The summed E-state index contributed by atoms with van der Waals surface area (Å²) in [4.78, 5) is 24.7. The Bertz CT molecular complexity index is 967. The van der Waals surface area contributed by atoms with Crippen LogP contribution in [0.4, 0.5) is 5.69 Å². The van der Waals surface area contributed by atoms with Crippen molar-refractivity contribution in [2.24, 2.45) is 5.73 Å². The van der Waals surface area contributed by atoms with Gasteiger partial charge >= 0.3 is 5.97 Å². The van der Waals surface area contributed by atoms with Crippen LogP contribution in [-0.2, 0) is 14.9 Å². The third-order valence-corrected chi connectivity index (χ3v) is 5.14. The first-order valence-electron chi connectivity index (χ1n) is 9.93. The number of nitrogen functional groups attached to an aromatic ring is 1.